The van der Waals surface area contributed by atoms with Crippen LogP contribution in [0.2, 0.25) is 0 Å². The van der Waals surface area contributed by atoms with Gasteiger partial charge in [-0.05, 0) is 39.2 Å². The third-order valence-electron chi connectivity index (χ3n) is 3.78. The minimum atomic E-state index is -0.483. The lowest BCUT2D eigenvalue weighted by Crippen LogP contribution is -2.49. The third kappa shape index (κ3) is 6.10. The topological polar surface area (TPSA) is 70.7 Å². The summed E-state index contributed by atoms with van der Waals surface area (Å²) < 4.78 is 5.37. The number of nitrogens with zero attached hydrogens (tertiary/aromatic N) is 1. The summed E-state index contributed by atoms with van der Waals surface area (Å²) in [7, 11) is 0. The molecule has 1 fully saturated rings. The molecule has 1 aliphatic rings. The molecule has 0 spiro atoms. The number of piperidine rings is 1. The zero-order valence-corrected chi connectivity index (χ0v) is 14.7. The number of hydrogen-bond donors (Lipinski definition) is 2. The molecule has 1 aromatic rings. The predicted octanol–water partition coefficient (Wildman–Crippen LogP) is 2.89. The first-order valence-corrected chi connectivity index (χ1v) is 8.40. The Kier molecular flexibility index (Phi) is 6.06. The largest absolute Gasteiger partial charge is 0.444 e. The highest BCUT2D eigenvalue weighted by molar-refractivity contribution is 5.74. The van der Waals surface area contributed by atoms with E-state index in [9.17, 15) is 9.59 Å². The molecule has 0 unspecified atom stereocenters. The van der Waals surface area contributed by atoms with E-state index in [1.807, 2.05) is 51.1 Å². The van der Waals surface area contributed by atoms with Crippen molar-refractivity contribution in [3.63, 3.8) is 0 Å². The van der Waals surface area contributed by atoms with Gasteiger partial charge < -0.3 is 20.3 Å². The van der Waals surface area contributed by atoms with Crippen LogP contribution in [0.1, 0.15) is 39.2 Å². The summed E-state index contributed by atoms with van der Waals surface area (Å²) in [6.45, 7) is 7.27. The standard InChI is InChI=1S/C18H27N3O3/c1-18(2,3)24-17(23)21-11-9-15(10-12-21)20-16(22)19-13-14-7-5-4-6-8-14/h4-8,15H,9-13H2,1-3H3,(H2,19,20,22). The molecule has 1 heterocycles. The van der Waals surface area contributed by atoms with Crippen LogP contribution in [0.4, 0.5) is 9.59 Å². The highest BCUT2D eigenvalue weighted by atomic mass is 16.6. The van der Waals surface area contributed by atoms with E-state index in [2.05, 4.69) is 10.6 Å². The van der Waals surface area contributed by atoms with Crippen LogP contribution in [0.3, 0.4) is 0 Å². The Morgan fingerprint density at radius 1 is 1.17 bits per heavy atom. The van der Waals surface area contributed by atoms with Crippen LogP contribution in [0, 0.1) is 0 Å². The number of carbonyl (C=O) groups is 2. The van der Waals surface area contributed by atoms with Crippen LogP contribution in [0.15, 0.2) is 30.3 Å². The fraction of sp³-hybridized carbons (Fsp3) is 0.556. The Hall–Kier alpha value is -2.24. The van der Waals surface area contributed by atoms with Gasteiger partial charge in [0.15, 0.2) is 0 Å². The van der Waals surface area contributed by atoms with Gasteiger partial charge in [-0.3, -0.25) is 0 Å². The lowest BCUT2D eigenvalue weighted by atomic mass is 10.1. The first kappa shape index (κ1) is 18.1. The first-order chi connectivity index (χ1) is 11.3. The molecule has 2 N–H and O–H groups in total. The van der Waals surface area contributed by atoms with E-state index in [4.69, 9.17) is 4.74 Å². The van der Waals surface area contributed by atoms with Crippen molar-refractivity contribution in [1.29, 1.82) is 0 Å². The number of likely N-dealkylation sites (tertiary alicyclic amines) is 1. The number of carbonyl (C=O) groups excluding carboxylic acids is 2. The fourth-order valence-electron chi connectivity index (χ4n) is 2.55. The molecule has 0 saturated carbocycles. The van der Waals surface area contributed by atoms with E-state index in [0.717, 1.165) is 18.4 Å². The second-order valence-electron chi connectivity index (χ2n) is 7.05. The number of amides is 3. The molecule has 1 aliphatic heterocycles. The van der Waals surface area contributed by atoms with Crippen LogP contribution in [-0.2, 0) is 11.3 Å². The Morgan fingerprint density at radius 3 is 2.38 bits per heavy atom. The summed E-state index contributed by atoms with van der Waals surface area (Å²) in [5, 5.41) is 5.82. The van der Waals surface area contributed by atoms with Crippen molar-refractivity contribution < 1.29 is 14.3 Å². The van der Waals surface area contributed by atoms with Crippen molar-refractivity contribution in [1.82, 2.24) is 15.5 Å². The summed E-state index contributed by atoms with van der Waals surface area (Å²) in [5.41, 5.74) is 0.580. The van der Waals surface area contributed by atoms with Gasteiger partial charge in [0.1, 0.15) is 5.60 Å². The van der Waals surface area contributed by atoms with Gasteiger partial charge in [0.2, 0.25) is 0 Å². The van der Waals surface area contributed by atoms with Crippen molar-refractivity contribution in [3.05, 3.63) is 35.9 Å². The highest BCUT2D eigenvalue weighted by Gasteiger charge is 2.27. The van der Waals surface area contributed by atoms with Gasteiger partial charge in [0, 0.05) is 25.7 Å². The SMILES string of the molecule is CC(C)(C)OC(=O)N1CCC(NC(=O)NCc2ccccc2)CC1. The number of urea groups is 1. The second kappa shape index (κ2) is 8.04. The number of nitrogens with one attached hydrogen (secondary N) is 2. The Bertz CT molecular complexity index is 546. The minimum absolute atomic E-state index is 0.0828. The lowest BCUT2D eigenvalue weighted by Gasteiger charge is -2.33. The van der Waals surface area contributed by atoms with Crippen LogP contribution in [0.25, 0.3) is 0 Å². The van der Waals surface area contributed by atoms with Gasteiger partial charge in [-0.15, -0.1) is 0 Å². The zero-order valence-electron chi connectivity index (χ0n) is 14.7. The van der Waals surface area contributed by atoms with Gasteiger partial charge in [0.05, 0.1) is 0 Å². The monoisotopic (exact) mass is 333 g/mol. The van der Waals surface area contributed by atoms with Gasteiger partial charge in [-0.1, -0.05) is 30.3 Å². The molecule has 2 rings (SSSR count). The summed E-state index contributed by atoms with van der Waals surface area (Å²) in [5.74, 6) is 0. The summed E-state index contributed by atoms with van der Waals surface area (Å²) in [6, 6.07) is 9.69. The van der Waals surface area contributed by atoms with Crippen molar-refractivity contribution in [2.24, 2.45) is 0 Å². The van der Waals surface area contributed by atoms with E-state index in [1.54, 1.807) is 4.90 Å². The maximum atomic E-state index is 12.0. The first-order valence-electron chi connectivity index (χ1n) is 8.40. The molecule has 132 valence electrons. The van der Waals surface area contributed by atoms with Crippen molar-refractivity contribution >= 4 is 12.1 Å². The molecule has 6 heteroatoms. The van der Waals surface area contributed by atoms with Gasteiger partial charge in [-0.25, -0.2) is 9.59 Å². The number of hydrogen-bond acceptors (Lipinski definition) is 3. The molecule has 0 bridgehead atoms. The van der Waals surface area contributed by atoms with E-state index in [1.165, 1.54) is 0 Å². The van der Waals surface area contributed by atoms with Crippen molar-refractivity contribution in [2.45, 2.75) is 51.8 Å². The van der Waals surface area contributed by atoms with Gasteiger partial charge in [0.25, 0.3) is 0 Å². The summed E-state index contributed by atoms with van der Waals surface area (Å²) in [4.78, 5) is 25.7. The number of ether oxygens (including phenoxy) is 1. The molecule has 24 heavy (non-hydrogen) atoms. The van der Waals surface area contributed by atoms with Crippen molar-refractivity contribution in [2.75, 3.05) is 13.1 Å². The van der Waals surface area contributed by atoms with Crippen LogP contribution in [0.5, 0.6) is 0 Å². The number of rotatable bonds is 3. The molecular weight excluding hydrogens is 306 g/mol. The highest BCUT2D eigenvalue weighted by Crippen LogP contribution is 2.15. The van der Waals surface area contributed by atoms with Crippen LogP contribution < -0.4 is 10.6 Å². The maximum absolute atomic E-state index is 12.0. The average Bonchev–Trinajstić information content (AvgIpc) is 2.53. The summed E-state index contributed by atoms with van der Waals surface area (Å²) in [6.07, 6.45) is 1.19. The Morgan fingerprint density at radius 2 is 1.79 bits per heavy atom. The molecule has 1 saturated heterocycles. The maximum Gasteiger partial charge on any atom is 0.410 e. The summed E-state index contributed by atoms with van der Waals surface area (Å²) >= 11 is 0. The quantitative estimate of drug-likeness (QED) is 0.893. The van der Waals surface area contributed by atoms with E-state index in [-0.39, 0.29) is 18.2 Å². The second-order valence-corrected chi connectivity index (χ2v) is 7.05. The van der Waals surface area contributed by atoms with E-state index < -0.39 is 5.60 Å². The van der Waals surface area contributed by atoms with Gasteiger partial charge >= 0.3 is 12.1 Å². The zero-order chi connectivity index (χ0) is 17.6. The smallest absolute Gasteiger partial charge is 0.410 e. The molecule has 0 aliphatic carbocycles. The number of benzene rings is 1. The molecule has 0 radical (unpaired) electrons. The predicted molar refractivity (Wildman–Crippen MR) is 92.6 cm³/mol. The fourth-order valence-corrected chi connectivity index (χ4v) is 2.55. The Labute approximate surface area is 143 Å². The molecule has 6 nitrogen and oxygen atoms in total. The minimum Gasteiger partial charge on any atom is -0.444 e. The lowest BCUT2D eigenvalue weighted by molar-refractivity contribution is 0.0201. The van der Waals surface area contributed by atoms with E-state index in [0.29, 0.717) is 19.6 Å². The van der Waals surface area contributed by atoms with Crippen LogP contribution in [-0.4, -0.2) is 41.8 Å². The van der Waals surface area contributed by atoms with Gasteiger partial charge in [-0.2, -0.15) is 0 Å². The normalized spacial score (nSPS) is 15.7. The van der Waals surface area contributed by atoms with Crippen LogP contribution >= 0.6 is 0 Å². The van der Waals surface area contributed by atoms with Crippen molar-refractivity contribution in [3.8, 4) is 0 Å². The molecule has 0 aromatic heterocycles. The molecular formula is C18H27N3O3. The Balaban J connectivity index is 1.69. The molecule has 1 aromatic carbocycles. The third-order valence-corrected chi connectivity index (χ3v) is 3.78. The average molecular weight is 333 g/mol. The molecule has 0 atom stereocenters. The van der Waals surface area contributed by atoms with E-state index >= 15 is 0 Å². The molecule has 3 amide bonds.